The van der Waals surface area contributed by atoms with Crippen molar-refractivity contribution in [3.63, 3.8) is 0 Å². The molecule has 0 spiro atoms. The maximum atomic E-state index is 13.0. The number of halogens is 2. The molecule has 1 rings (SSSR count). The van der Waals surface area contributed by atoms with Gasteiger partial charge in [-0.15, -0.1) is 0 Å². The summed E-state index contributed by atoms with van der Waals surface area (Å²) in [5, 5.41) is 7.15. The van der Waals surface area contributed by atoms with E-state index in [-0.39, 0.29) is 16.3 Å². The molecule has 19 heavy (non-hydrogen) atoms. The van der Waals surface area contributed by atoms with Crippen molar-refractivity contribution in [3.8, 4) is 0 Å². The molecule has 0 fully saturated rings. The lowest BCUT2D eigenvalue weighted by atomic mass is 10.2. The fourth-order valence-electron chi connectivity index (χ4n) is 1.62. The van der Waals surface area contributed by atoms with Gasteiger partial charge in [0.25, 0.3) is 0 Å². The third-order valence-electron chi connectivity index (χ3n) is 2.69. The average molecular weight is 309 g/mol. The highest BCUT2D eigenvalue weighted by atomic mass is 35.5. The molecule has 0 saturated heterocycles. The molecular weight excluding hydrogens is 295 g/mol. The second-order valence-corrected chi connectivity index (χ2v) is 6.63. The maximum Gasteiger partial charge on any atom is 0.322 e. The quantitative estimate of drug-likeness (QED) is 0.820. The van der Waals surface area contributed by atoms with Crippen LogP contribution in [-0.2, 0) is 14.6 Å². The van der Waals surface area contributed by atoms with E-state index in [0.717, 1.165) is 18.2 Å². The molecule has 0 aliphatic rings. The fraction of sp³-hybridized carbons (Fsp3) is 0.417. The SMILES string of the molecule is CCCCC(C(=O)O)S(=O)(=O)c1ccc(F)c(Cl)c1. The normalized spacial score (nSPS) is 13.2. The molecule has 0 heterocycles. The van der Waals surface area contributed by atoms with Gasteiger partial charge in [-0.25, -0.2) is 12.8 Å². The van der Waals surface area contributed by atoms with Crippen LogP contribution in [0.5, 0.6) is 0 Å². The number of carbonyl (C=O) groups is 1. The van der Waals surface area contributed by atoms with E-state index < -0.39 is 26.9 Å². The molecule has 0 aliphatic carbocycles. The van der Waals surface area contributed by atoms with Crippen LogP contribution in [0.2, 0.25) is 5.02 Å². The van der Waals surface area contributed by atoms with Gasteiger partial charge in [0.2, 0.25) is 0 Å². The van der Waals surface area contributed by atoms with E-state index in [2.05, 4.69) is 0 Å². The molecule has 1 aromatic carbocycles. The molecule has 7 heteroatoms. The highest BCUT2D eigenvalue weighted by Gasteiger charge is 2.33. The summed E-state index contributed by atoms with van der Waals surface area (Å²) < 4.78 is 37.4. The molecule has 1 N–H and O–H groups in total. The van der Waals surface area contributed by atoms with Crippen molar-refractivity contribution in [3.05, 3.63) is 29.0 Å². The van der Waals surface area contributed by atoms with Gasteiger partial charge >= 0.3 is 5.97 Å². The molecule has 4 nitrogen and oxygen atoms in total. The number of carboxylic acids is 1. The Balaban J connectivity index is 3.18. The summed E-state index contributed by atoms with van der Waals surface area (Å²) in [6.07, 6.45) is 1.18. The largest absolute Gasteiger partial charge is 0.480 e. The Bertz CT molecular complexity index is 571. The summed E-state index contributed by atoms with van der Waals surface area (Å²) >= 11 is 5.52. The predicted molar refractivity (Wildman–Crippen MR) is 69.5 cm³/mol. The number of benzene rings is 1. The van der Waals surface area contributed by atoms with Crippen molar-refractivity contribution in [2.75, 3.05) is 0 Å². The van der Waals surface area contributed by atoms with Gasteiger partial charge in [0.05, 0.1) is 9.92 Å². The molecular formula is C12H14ClFO4S. The Morgan fingerprint density at radius 2 is 2.11 bits per heavy atom. The molecule has 1 atom stereocenters. The van der Waals surface area contributed by atoms with Crippen LogP contribution in [0.3, 0.4) is 0 Å². The summed E-state index contributed by atoms with van der Waals surface area (Å²) in [7, 11) is -4.06. The Morgan fingerprint density at radius 3 is 2.58 bits per heavy atom. The lowest BCUT2D eigenvalue weighted by Crippen LogP contribution is -2.30. The molecule has 1 aromatic rings. The number of aliphatic carboxylic acids is 1. The van der Waals surface area contributed by atoms with Crippen LogP contribution < -0.4 is 0 Å². The molecule has 0 bridgehead atoms. The fourth-order valence-corrected chi connectivity index (χ4v) is 3.47. The number of carboxylic acid groups (broad SMARTS) is 1. The molecule has 0 saturated carbocycles. The van der Waals surface area contributed by atoms with Crippen molar-refractivity contribution in [2.45, 2.75) is 36.3 Å². The number of rotatable bonds is 6. The zero-order valence-electron chi connectivity index (χ0n) is 10.3. The van der Waals surface area contributed by atoms with E-state index in [1.54, 1.807) is 0 Å². The number of unbranched alkanes of at least 4 members (excludes halogenated alkanes) is 1. The van der Waals surface area contributed by atoms with Gasteiger partial charge < -0.3 is 5.11 Å². The van der Waals surface area contributed by atoms with E-state index in [1.807, 2.05) is 6.92 Å². The summed E-state index contributed by atoms with van der Waals surface area (Å²) in [4.78, 5) is 10.8. The van der Waals surface area contributed by atoms with Crippen LogP contribution in [0.4, 0.5) is 4.39 Å². The number of sulfone groups is 1. The van der Waals surface area contributed by atoms with Crippen molar-refractivity contribution in [1.29, 1.82) is 0 Å². The molecule has 0 radical (unpaired) electrons. The Hall–Kier alpha value is -1.14. The van der Waals surface area contributed by atoms with E-state index in [0.29, 0.717) is 12.8 Å². The van der Waals surface area contributed by atoms with Crippen LogP contribution in [-0.4, -0.2) is 24.7 Å². The second kappa shape index (κ2) is 6.34. The first kappa shape index (κ1) is 15.9. The van der Waals surface area contributed by atoms with Crippen molar-refractivity contribution >= 4 is 27.4 Å². The monoisotopic (exact) mass is 308 g/mol. The zero-order chi connectivity index (χ0) is 14.6. The topological polar surface area (TPSA) is 71.4 Å². The van der Waals surface area contributed by atoms with Crippen LogP contribution >= 0.6 is 11.6 Å². The third kappa shape index (κ3) is 3.67. The summed E-state index contributed by atoms with van der Waals surface area (Å²) in [5.41, 5.74) is 0. The minimum absolute atomic E-state index is 0.0170. The molecule has 106 valence electrons. The van der Waals surface area contributed by atoms with Gasteiger partial charge in [-0.3, -0.25) is 4.79 Å². The van der Waals surface area contributed by atoms with E-state index >= 15 is 0 Å². The average Bonchev–Trinajstić information content (AvgIpc) is 2.32. The van der Waals surface area contributed by atoms with Gasteiger partial charge in [0.15, 0.2) is 15.1 Å². The van der Waals surface area contributed by atoms with Crippen LogP contribution in [0.25, 0.3) is 0 Å². The first-order chi connectivity index (χ1) is 8.80. The van der Waals surface area contributed by atoms with E-state index in [4.69, 9.17) is 16.7 Å². The van der Waals surface area contributed by atoms with Gasteiger partial charge in [0, 0.05) is 0 Å². The smallest absolute Gasteiger partial charge is 0.322 e. The van der Waals surface area contributed by atoms with Crippen LogP contribution in [0.1, 0.15) is 26.2 Å². The standard InChI is InChI=1S/C12H14ClFO4S/c1-2-3-4-11(12(15)16)19(17,18)8-5-6-10(14)9(13)7-8/h5-7,11H,2-4H2,1H3,(H,15,16). The minimum Gasteiger partial charge on any atom is -0.480 e. The highest BCUT2D eigenvalue weighted by molar-refractivity contribution is 7.92. The van der Waals surface area contributed by atoms with Crippen LogP contribution in [0, 0.1) is 5.82 Å². The number of hydrogen-bond donors (Lipinski definition) is 1. The molecule has 0 amide bonds. The summed E-state index contributed by atoms with van der Waals surface area (Å²) in [6, 6.07) is 2.88. The summed E-state index contributed by atoms with van der Waals surface area (Å²) in [5.74, 6) is -2.16. The zero-order valence-corrected chi connectivity index (χ0v) is 11.8. The minimum atomic E-state index is -4.06. The van der Waals surface area contributed by atoms with Crippen molar-refractivity contribution in [2.24, 2.45) is 0 Å². The lowest BCUT2D eigenvalue weighted by molar-refractivity contribution is -0.136. The lowest BCUT2D eigenvalue weighted by Gasteiger charge is -2.13. The first-order valence-corrected chi connectivity index (χ1v) is 7.65. The molecule has 1 unspecified atom stereocenters. The second-order valence-electron chi connectivity index (χ2n) is 4.09. The highest BCUT2D eigenvalue weighted by Crippen LogP contribution is 2.24. The first-order valence-electron chi connectivity index (χ1n) is 5.72. The van der Waals surface area contributed by atoms with Crippen molar-refractivity contribution in [1.82, 2.24) is 0 Å². The maximum absolute atomic E-state index is 13.0. The van der Waals surface area contributed by atoms with E-state index in [9.17, 15) is 17.6 Å². The van der Waals surface area contributed by atoms with Crippen molar-refractivity contribution < 1.29 is 22.7 Å². The van der Waals surface area contributed by atoms with Crippen LogP contribution in [0.15, 0.2) is 23.1 Å². The molecule has 0 aliphatic heterocycles. The Kier molecular flexibility index (Phi) is 5.31. The number of hydrogen-bond acceptors (Lipinski definition) is 3. The predicted octanol–water partition coefficient (Wildman–Crippen LogP) is 2.90. The van der Waals surface area contributed by atoms with Gasteiger partial charge in [-0.05, 0) is 24.6 Å². The van der Waals surface area contributed by atoms with Gasteiger partial charge in [0.1, 0.15) is 5.82 Å². The third-order valence-corrected chi connectivity index (χ3v) is 5.08. The van der Waals surface area contributed by atoms with Gasteiger partial charge in [-0.1, -0.05) is 31.4 Å². The Morgan fingerprint density at radius 1 is 1.47 bits per heavy atom. The Labute approximate surface area is 116 Å². The molecule has 0 aromatic heterocycles. The van der Waals surface area contributed by atoms with Gasteiger partial charge in [-0.2, -0.15) is 0 Å². The summed E-state index contributed by atoms with van der Waals surface area (Å²) in [6.45, 7) is 1.83. The van der Waals surface area contributed by atoms with E-state index in [1.165, 1.54) is 0 Å².